The van der Waals surface area contributed by atoms with E-state index in [1.54, 1.807) is 12.3 Å². The number of H-pyrrole nitrogens is 1. The number of non-ortho nitro benzene ring substituents is 1. The summed E-state index contributed by atoms with van der Waals surface area (Å²) in [4.78, 5) is 14.0. The fraction of sp³-hybridized carbons (Fsp3) is 0.167. The average molecular weight is 442 g/mol. The number of nitrogens with one attached hydrogen (secondary N) is 1. The van der Waals surface area contributed by atoms with E-state index in [4.69, 9.17) is 0 Å². The highest BCUT2D eigenvalue weighted by atomic mass is 16.6. The molecule has 3 aromatic carbocycles. The van der Waals surface area contributed by atoms with Crippen LogP contribution < -0.4 is 0 Å². The Morgan fingerprint density at radius 2 is 1.55 bits per heavy atom. The highest BCUT2D eigenvalue weighted by Crippen LogP contribution is 2.48. The highest BCUT2D eigenvalue weighted by Gasteiger charge is 2.31. The highest BCUT2D eigenvalue weighted by molar-refractivity contribution is 6.36. The predicted molar refractivity (Wildman–Crippen MR) is 125 cm³/mol. The van der Waals surface area contributed by atoms with E-state index in [1.165, 1.54) is 12.1 Å². The van der Waals surface area contributed by atoms with Crippen LogP contribution in [0.2, 0.25) is 0 Å². The first kappa shape index (κ1) is 18.5. The third-order valence-corrected chi connectivity index (χ3v) is 7.02. The van der Waals surface area contributed by atoms with Crippen molar-refractivity contribution in [2.75, 3.05) is 0 Å². The number of aromatic amines is 1. The maximum atomic E-state index is 11.5. The first-order valence-electron chi connectivity index (χ1n) is 10.6. The zero-order chi connectivity index (χ0) is 22.6. The molecule has 0 radical (unpaired) electrons. The number of hydrogen-bond acceptors (Lipinski definition) is 5. The van der Waals surface area contributed by atoms with Crippen molar-refractivity contribution in [1.82, 2.24) is 14.1 Å². The van der Waals surface area contributed by atoms with Gasteiger partial charge in [-0.1, -0.05) is 18.2 Å². The van der Waals surface area contributed by atoms with Crippen LogP contribution in [0, 0.1) is 10.1 Å². The largest absolute Gasteiger partial charge is 0.494 e. The Labute approximate surface area is 184 Å². The van der Waals surface area contributed by atoms with E-state index >= 15 is 0 Å². The average Bonchev–Trinajstić information content (AvgIpc) is 3.43. The van der Waals surface area contributed by atoms with Gasteiger partial charge in [0, 0.05) is 56.3 Å². The molecule has 7 rings (SSSR count). The molecule has 2 atom stereocenters. The molecule has 9 nitrogen and oxygen atoms in total. The zero-order valence-electron chi connectivity index (χ0n) is 17.2. The Morgan fingerprint density at radius 3 is 2.27 bits per heavy atom. The Bertz CT molecular complexity index is 1810. The number of nitrogens with zero attached hydrogens (tertiary/aromatic N) is 3. The normalized spacial score (nSPS) is 18.7. The number of hydrogen-bond donors (Lipinski definition) is 4. The molecule has 0 aliphatic carbocycles. The number of aromatic hydroxyl groups is 1. The number of aromatic nitrogens is 3. The molecular weight excluding hydrogens is 424 g/mol. The number of benzene rings is 3. The molecule has 0 bridgehead atoms. The van der Waals surface area contributed by atoms with E-state index in [0.29, 0.717) is 21.7 Å². The molecule has 0 fully saturated rings. The summed E-state index contributed by atoms with van der Waals surface area (Å²) in [6.45, 7) is 0.316. The van der Waals surface area contributed by atoms with E-state index in [1.807, 2.05) is 33.4 Å². The summed E-state index contributed by atoms with van der Waals surface area (Å²) < 4.78 is 3.92. The smallest absolute Gasteiger partial charge is 0.270 e. The van der Waals surface area contributed by atoms with Crippen LogP contribution in [0.4, 0.5) is 5.69 Å². The lowest BCUT2D eigenvalue weighted by Crippen LogP contribution is -2.35. The number of fused-ring (bicyclic) bond motifs is 9. The van der Waals surface area contributed by atoms with Gasteiger partial charge in [-0.2, -0.15) is 0 Å². The number of nitro benzene ring substituents is 1. The van der Waals surface area contributed by atoms with Gasteiger partial charge in [0.25, 0.3) is 5.69 Å². The van der Waals surface area contributed by atoms with Gasteiger partial charge in [-0.3, -0.25) is 10.1 Å². The Balaban J connectivity index is 1.87. The summed E-state index contributed by atoms with van der Waals surface area (Å²) in [5.41, 5.74) is 3.17. The van der Waals surface area contributed by atoms with E-state index in [0.717, 1.165) is 32.7 Å². The maximum Gasteiger partial charge on any atom is 0.270 e. The van der Waals surface area contributed by atoms with Gasteiger partial charge in [-0.15, -0.1) is 0 Å². The van der Waals surface area contributed by atoms with E-state index in [2.05, 4.69) is 4.98 Å². The van der Waals surface area contributed by atoms with Crippen molar-refractivity contribution in [3.05, 3.63) is 58.8 Å². The fourth-order valence-electron chi connectivity index (χ4n) is 5.64. The molecule has 0 saturated heterocycles. The van der Waals surface area contributed by atoms with Crippen LogP contribution in [0.5, 0.6) is 5.88 Å². The molecule has 4 N–H and O–H groups in total. The summed E-state index contributed by atoms with van der Waals surface area (Å²) in [6, 6.07) is 12.5. The topological polar surface area (TPSA) is 129 Å². The Kier molecular flexibility index (Phi) is 3.38. The molecular formula is C24H18N4O5. The second-order valence-electron chi connectivity index (χ2n) is 8.70. The molecule has 0 spiro atoms. The van der Waals surface area contributed by atoms with Gasteiger partial charge in [0.15, 0.2) is 5.88 Å². The van der Waals surface area contributed by atoms with Crippen molar-refractivity contribution in [1.29, 1.82) is 0 Å². The molecule has 6 aromatic rings. The van der Waals surface area contributed by atoms with Gasteiger partial charge in [0.1, 0.15) is 0 Å². The summed E-state index contributed by atoms with van der Waals surface area (Å²) in [6.07, 6.45) is -0.294. The number of aliphatic hydroxyl groups excluding tert-OH is 2. The number of para-hydroxylation sites is 1. The number of rotatable bonds is 1. The van der Waals surface area contributed by atoms with Gasteiger partial charge < -0.3 is 29.4 Å². The summed E-state index contributed by atoms with van der Waals surface area (Å²) in [7, 11) is 0. The molecule has 0 amide bonds. The van der Waals surface area contributed by atoms with Crippen LogP contribution in [0.25, 0.3) is 54.4 Å². The Morgan fingerprint density at radius 1 is 0.879 bits per heavy atom. The minimum Gasteiger partial charge on any atom is -0.494 e. The van der Waals surface area contributed by atoms with E-state index in [9.17, 15) is 25.4 Å². The van der Waals surface area contributed by atoms with Crippen LogP contribution in [0.3, 0.4) is 0 Å². The van der Waals surface area contributed by atoms with Crippen molar-refractivity contribution in [3.63, 3.8) is 0 Å². The standard InChI is InChI=1S/C24H18N4O5/c29-17-9-26-15-4-2-1-3-12(15)19-14-8-25-24(31)21(14)20-13-7-11(28(32)33)5-6-16(13)27(10-18(17)30)23(20)22(19)26/h1-8,17-18,25,29-31H,9-10H2. The minimum atomic E-state index is -1.04. The second kappa shape index (κ2) is 6.03. The third kappa shape index (κ3) is 2.17. The van der Waals surface area contributed by atoms with E-state index < -0.39 is 17.1 Å². The molecule has 33 heavy (non-hydrogen) atoms. The summed E-state index contributed by atoms with van der Waals surface area (Å²) in [5.74, 6) is -0.0167. The molecule has 4 heterocycles. The van der Waals surface area contributed by atoms with Gasteiger partial charge in [0.05, 0.1) is 46.6 Å². The molecule has 0 saturated carbocycles. The Hall–Kier alpha value is -4.08. The van der Waals surface area contributed by atoms with Crippen LogP contribution in [-0.4, -0.2) is 46.6 Å². The summed E-state index contributed by atoms with van der Waals surface area (Å²) >= 11 is 0. The van der Waals surface area contributed by atoms with Gasteiger partial charge in [-0.25, -0.2) is 0 Å². The first-order chi connectivity index (χ1) is 16.0. The quantitative estimate of drug-likeness (QED) is 0.228. The van der Waals surface area contributed by atoms with Crippen LogP contribution in [-0.2, 0) is 13.1 Å². The number of nitro groups is 1. The first-order valence-corrected chi connectivity index (χ1v) is 10.6. The summed E-state index contributed by atoms with van der Waals surface area (Å²) in [5, 5.41) is 48.6. The number of aliphatic hydroxyl groups is 2. The van der Waals surface area contributed by atoms with Crippen molar-refractivity contribution in [2.45, 2.75) is 25.3 Å². The van der Waals surface area contributed by atoms with Crippen LogP contribution in [0.1, 0.15) is 0 Å². The van der Waals surface area contributed by atoms with Gasteiger partial charge >= 0.3 is 0 Å². The monoisotopic (exact) mass is 442 g/mol. The SMILES string of the molecule is O=[N+]([O-])c1ccc2c(c1)c1c3c(O)[nH]cc3c3c4ccccc4n4c3c1n2CC(O)C(O)C4. The van der Waals surface area contributed by atoms with Gasteiger partial charge in [-0.05, 0) is 12.1 Å². The third-order valence-electron chi connectivity index (χ3n) is 7.02. The maximum absolute atomic E-state index is 11.5. The van der Waals surface area contributed by atoms with E-state index in [-0.39, 0.29) is 24.7 Å². The van der Waals surface area contributed by atoms with Crippen molar-refractivity contribution in [3.8, 4) is 5.88 Å². The molecule has 164 valence electrons. The minimum absolute atomic E-state index is 0.0167. The molecule has 1 aliphatic rings. The van der Waals surface area contributed by atoms with Crippen molar-refractivity contribution in [2.24, 2.45) is 0 Å². The predicted octanol–water partition coefficient (Wildman–Crippen LogP) is 3.73. The van der Waals surface area contributed by atoms with Crippen LogP contribution in [0.15, 0.2) is 48.7 Å². The lowest BCUT2D eigenvalue weighted by molar-refractivity contribution is -0.384. The van der Waals surface area contributed by atoms with Crippen molar-refractivity contribution < 1.29 is 20.2 Å². The van der Waals surface area contributed by atoms with Gasteiger partial charge in [0.2, 0.25) is 0 Å². The molecule has 1 aliphatic heterocycles. The van der Waals surface area contributed by atoms with Crippen molar-refractivity contribution >= 4 is 60.1 Å². The lowest BCUT2D eigenvalue weighted by atomic mass is 10.0. The fourth-order valence-corrected chi connectivity index (χ4v) is 5.64. The molecule has 3 aromatic heterocycles. The molecule has 2 unspecified atom stereocenters. The lowest BCUT2D eigenvalue weighted by Gasteiger charge is -2.24. The van der Waals surface area contributed by atoms with Crippen LogP contribution >= 0.6 is 0 Å². The molecule has 9 heteroatoms. The zero-order valence-corrected chi connectivity index (χ0v) is 17.2. The second-order valence-corrected chi connectivity index (χ2v) is 8.70.